The molecule has 15 heavy (non-hydrogen) atoms. The van der Waals surface area contributed by atoms with Gasteiger partial charge in [-0.3, -0.25) is 4.79 Å². The van der Waals surface area contributed by atoms with Gasteiger partial charge < -0.3 is 9.84 Å². The molecule has 1 aliphatic rings. The molecule has 1 rings (SSSR count). The van der Waals surface area contributed by atoms with Gasteiger partial charge in [-0.1, -0.05) is 20.3 Å². The minimum absolute atomic E-state index is 0.0755. The molecule has 88 valence electrons. The molecular weight excluding hydrogens is 192 g/mol. The minimum atomic E-state index is -0.105. The summed E-state index contributed by atoms with van der Waals surface area (Å²) in [5, 5.41) is 8.60. The van der Waals surface area contributed by atoms with Crippen molar-refractivity contribution < 1.29 is 14.6 Å². The highest BCUT2D eigenvalue weighted by molar-refractivity contribution is 5.73. The fourth-order valence-corrected chi connectivity index (χ4v) is 2.64. The molecule has 3 nitrogen and oxygen atoms in total. The smallest absolute Gasteiger partial charge is 0.309 e. The molecule has 0 aliphatic heterocycles. The molecule has 1 fully saturated rings. The Bertz CT molecular complexity index is 203. The number of carbonyl (C=O) groups is 1. The van der Waals surface area contributed by atoms with E-state index >= 15 is 0 Å². The van der Waals surface area contributed by atoms with Gasteiger partial charge in [-0.15, -0.1) is 0 Å². The highest BCUT2D eigenvalue weighted by atomic mass is 16.5. The topological polar surface area (TPSA) is 46.5 Å². The molecule has 0 bridgehead atoms. The number of hydrogen-bond acceptors (Lipinski definition) is 3. The van der Waals surface area contributed by atoms with Gasteiger partial charge in [0.25, 0.3) is 0 Å². The molecular formula is C12H22O3. The van der Waals surface area contributed by atoms with Gasteiger partial charge in [0.2, 0.25) is 0 Å². The highest BCUT2D eigenvalue weighted by Gasteiger charge is 2.36. The third-order valence-corrected chi connectivity index (χ3v) is 3.23. The van der Waals surface area contributed by atoms with Crippen molar-refractivity contribution in [3.8, 4) is 0 Å². The van der Waals surface area contributed by atoms with Crippen molar-refractivity contribution in [2.75, 3.05) is 13.2 Å². The summed E-state index contributed by atoms with van der Waals surface area (Å²) in [5.41, 5.74) is 0. The van der Waals surface area contributed by atoms with E-state index in [9.17, 15) is 4.79 Å². The Balaban J connectivity index is 2.46. The molecule has 0 radical (unpaired) electrons. The molecule has 0 aromatic rings. The van der Waals surface area contributed by atoms with Crippen LogP contribution in [0.5, 0.6) is 0 Å². The largest absolute Gasteiger partial charge is 0.463 e. The Hall–Kier alpha value is -0.570. The van der Waals surface area contributed by atoms with Crippen LogP contribution in [-0.2, 0) is 9.53 Å². The number of aliphatic hydroxyl groups is 1. The maximum absolute atomic E-state index is 11.7. The lowest BCUT2D eigenvalue weighted by molar-refractivity contribution is -0.150. The highest BCUT2D eigenvalue weighted by Crippen LogP contribution is 2.39. The Kier molecular flexibility index (Phi) is 5.09. The van der Waals surface area contributed by atoms with Crippen LogP contribution in [0.15, 0.2) is 0 Å². The number of rotatable bonds is 5. The predicted octanol–water partition coefficient (Wildman–Crippen LogP) is 1.98. The van der Waals surface area contributed by atoms with Crippen molar-refractivity contribution in [2.45, 2.75) is 39.5 Å². The first-order chi connectivity index (χ1) is 7.19. The lowest BCUT2D eigenvalue weighted by Gasteiger charge is -2.17. The average Bonchev–Trinajstić information content (AvgIpc) is 2.57. The quantitative estimate of drug-likeness (QED) is 0.712. The lowest BCUT2D eigenvalue weighted by Crippen LogP contribution is -2.22. The average molecular weight is 214 g/mol. The second-order valence-corrected chi connectivity index (χ2v) is 4.62. The molecule has 3 heteroatoms. The summed E-state index contributed by atoms with van der Waals surface area (Å²) >= 11 is 0. The summed E-state index contributed by atoms with van der Waals surface area (Å²) in [7, 11) is 0. The first-order valence-electron chi connectivity index (χ1n) is 5.96. The van der Waals surface area contributed by atoms with E-state index in [0.717, 1.165) is 25.7 Å². The van der Waals surface area contributed by atoms with E-state index in [4.69, 9.17) is 9.84 Å². The predicted molar refractivity (Wildman–Crippen MR) is 58.3 cm³/mol. The van der Waals surface area contributed by atoms with Crippen LogP contribution < -0.4 is 0 Å². The molecule has 0 aromatic heterocycles. The van der Waals surface area contributed by atoms with Gasteiger partial charge in [0, 0.05) is 0 Å². The van der Waals surface area contributed by atoms with Gasteiger partial charge in [0.05, 0.1) is 12.5 Å². The fraction of sp³-hybridized carbons (Fsp3) is 0.917. The van der Waals surface area contributed by atoms with E-state index in [2.05, 4.69) is 13.8 Å². The number of aliphatic hydroxyl groups excluding tert-OH is 1. The summed E-state index contributed by atoms with van der Waals surface area (Å²) in [6.07, 6.45) is 4.34. The normalized spacial score (nSPS) is 30.5. The van der Waals surface area contributed by atoms with Crippen molar-refractivity contribution in [1.29, 1.82) is 0 Å². The molecule has 3 atom stereocenters. The van der Waals surface area contributed by atoms with E-state index in [-0.39, 0.29) is 25.1 Å². The Morgan fingerprint density at radius 1 is 1.47 bits per heavy atom. The molecule has 1 aliphatic carbocycles. The number of ether oxygens (including phenoxy) is 1. The zero-order chi connectivity index (χ0) is 11.3. The molecule has 0 spiro atoms. The molecule has 0 amide bonds. The third kappa shape index (κ3) is 3.49. The summed E-state index contributed by atoms with van der Waals surface area (Å²) in [6.45, 7) is 4.41. The van der Waals surface area contributed by atoms with Gasteiger partial charge in [-0.2, -0.15) is 0 Å². The Morgan fingerprint density at radius 3 is 2.80 bits per heavy atom. The minimum Gasteiger partial charge on any atom is -0.463 e. The molecule has 0 saturated heterocycles. The summed E-state index contributed by atoms with van der Waals surface area (Å²) < 4.78 is 5.01. The van der Waals surface area contributed by atoms with Crippen molar-refractivity contribution in [1.82, 2.24) is 0 Å². The first kappa shape index (κ1) is 12.5. The fourth-order valence-electron chi connectivity index (χ4n) is 2.64. The van der Waals surface area contributed by atoms with Gasteiger partial charge in [-0.25, -0.2) is 0 Å². The van der Waals surface area contributed by atoms with Crippen LogP contribution in [0.25, 0.3) is 0 Å². The second-order valence-electron chi connectivity index (χ2n) is 4.62. The zero-order valence-electron chi connectivity index (χ0n) is 9.74. The van der Waals surface area contributed by atoms with Crippen LogP contribution in [0, 0.1) is 17.8 Å². The van der Waals surface area contributed by atoms with E-state index in [0.29, 0.717) is 11.8 Å². The summed E-state index contributed by atoms with van der Waals surface area (Å²) in [5.74, 6) is 1.10. The van der Waals surface area contributed by atoms with Crippen LogP contribution in [-0.4, -0.2) is 24.3 Å². The van der Waals surface area contributed by atoms with Crippen LogP contribution in [0.2, 0.25) is 0 Å². The summed E-state index contributed by atoms with van der Waals surface area (Å²) in [6, 6.07) is 0. The molecule has 0 heterocycles. The maximum Gasteiger partial charge on any atom is 0.309 e. The maximum atomic E-state index is 11.7. The van der Waals surface area contributed by atoms with Crippen molar-refractivity contribution in [3.05, 3.63) is 0 Å². The molecule has 1 saturated carbocycles. The van der Waals surface area contributed by atoms with Gasteiger partial charge in [0.15, 0.2) is 0 Å². The third-order valence-electron chi connectivity index (χ3n) is 3.23. The van der Waals surface area contributed by atoms with Crippen molar-refractivity contribution in [2.24, 2.45) is 17.8 Å². The van der Waals surface area contributed by atoms with E-state index in [1.807, 2.05) is 0 Å². The molecule has 1 N–H and O–H groups in total. The van der Waals surface area contributed by atoms with Crippen LogP contribution >= 0.6 is 0 Å². The van der Waals surface area contributed by atoms with E-state index in [1.54, 1.807) is 0 Å². The molecule has 0 aromatic carbocycles. The first-order valence-corrected chi connectivity index (χ1v) is 5.96. The van der Waals surface area contributed by atoms with Crippen LogP contribution in [0.1, 0.15) is 39.5 Å². The lowest BCUT2D eigenvalue weighted by atomic mass is 9.92. The van der Waals surface area contributed by atoms with E-state index < -0.39 is 0 Å². The summed E-state index contributed by atoms with van der Waals surface area (Å²) in [4.78, 5) is 11.7. The van der Waals surface area contributed by atoms with Crippen molar-refractivity contribution >= 4 is 5.97 Å². The van der Waals surface area contributed by atoms with E-state index in [1.165, 1.54) is 0 Å². The zero-order valence-corrected chi connectivity index (χ0v) is 9.74. The monoisotopic (exact) mass is 214 g/mol. The Labute approximate surface area is 91.8 Å². The number of hydrogen-bond donors (Lipinski definition) is 1. The van der Waals surface area contributed by atoms with Gasteiger partial charge in [0.1, 0.15) is 6.61 Å². The number of carbonyl (C=O) groups excluding carboxylic acids is 1. The van der Waals surface area contributed by atoms with Crippen LogP contribution in [0.4, 0.5) is 0 Å². The number of esters is 1. The van der Waals surface area contributed by atoms with Crippen molar-refractivity contribution in [3.63, 3.8) is 0 Å². The van der Waals surface area contributed by atoms with Crippen LogP contribution in [0.3, 0.4) is 0 Å². The Morgan fingerprint density at radius 2 is 2.20 bits per heavy atom. The molecule has 3 unspecified atom stereocenters. The van der Waals surface area contributed by atoms with Gasteiger partial charge in [-0.05, 0) is 31.1 Å². The standard InChI is InChI=1S/C12H22O3/c1-3-4-10-7-9(2)8-11(10)12(14)15-6-5-13/h9-11,13H,3-8H2,1-2H3. The SMILES string of the molecule is CCCC1CC(C)CC1C(=O)OCCO. The van der Waals surface area contributed by atoms with Gasteiger partial charge >= 0.3 is 5.97 Å². The second kappa shape index (κ2) is 6.11.